The summed E-state index contributed by atoms with van der Waals surface area (Å²) in [6.45, 7) is 11.0. The molecule has 1 aliphatic rings. The van der Waals surface area contributed by atoms with Gasteiger partial charge in [-0.1, -0.05) is 39.0 Å². The van der Waals surface area contributed by atoms with Crippen LogP contribution in [0.25, 0.3) is 0 Å². The number of rotatable bonds is 5. The van der Waals surface area contributed by atoms with E-state index in [2.05, 4.69) is 35.9 Å². The molecule has 1 aliphatic heterocycles. The number of benzene rings is 1. The quantitative estimate of drug-likeness (QED) is 0.894. The van der Waals surface area contributed by atoms with E-state index in [4.69, 9.17) is 4.74 Å². The third-order valence-corrected chi connectivity index (χ3v) is 4.68. The first kappa shape index (κ1) is 18.5. The van der Waals surface area contributed by atoms with Crippen LogP contribution in [0, 0.1) is 0 Å². The molecule has 0 unspecified atom stereocenters. The summed E-state index contributed by atoms with van der Waals surface area (Å²) in [6, 6.07) is 11.7. The Morgan fingerprint density at radius 1 is 1.15 bits per heavy atom. The smallest absolute Gasteiger partial charge is 0.274 e. The highest BCUT2D eigenvalue weighted by atomic mass is 16.5. The Balaban J connectivity index is 1.44. The van der Waals surface area contributed by atoms with Gasteiger partial charge in [-0.05, 0) is 18.2 Å². The third-order valence-electron chi connectivity index (χ3n) is 4.68. The molecule has 1 amide bonds. The van der Waals surface area contributed by atoms with E-state index < -0.39 is 0 Å². The van der Waals surface area contributed by atoms with Crippen LogP contribution in [-0.2, 0) is 5.41 Å². The van der Waals surface area contributed by atoms with Gasteiger partial charge in [0.25, 0.3) is 5.91 Å². The van der Waals surface area contributed by atoms with E-state index in [1.807, 2.05) is 41.3 Å². The number of amides is 1. The maximum Gasteiger partial charge on any atom is 0.274 e. The first-order valence-electron chi connectivity index (χ1n) is 9.19. The van der Waals surface area contributed by atoms with Crippen molar-refractivity contribution in [3.63, 3.8) is 0 Å². The molecule has 1 aromatic carbocycles. The maximum atomic E-state index is 12.6. The summed E-state index contributed by atoms with van der Waals surface area (Å²) in [6.07, 6.45) is 0. The van der Waals surface area contributed by atoms with Gasteiger partial charge in [-0.2, -0.15) is 5.10 Å². The summed E-state index contributed by atoms with van der Waals surface area (Å²) in [7, 11) is 0. The summed E-state index contributed by atoms with van der Waals surface area (Å²) in [4.78, 5) is 16.9. The number of ether oxygens (including phenoxy) is 1. The monoisotopic (exact) mass is 356 g/mol. The van der Waals surface area contributed by atoms with Crippen LogP contribution in [-0.4, -0.2) is 65.2 Å². The number of nitrogens with zero attached hydrogens (tertiary/aromatic N) is 3. The lowest BCUT2D eigenvalue weighted by Crippen LogP contribution is -2.49. The van der Waals surface area contributed by atoms with E-state index in [0.717, 1.165) is 44.2 Å². The zero-order valence-electron chi connectivity index (χ0n) is 15.9. The van der Waals surface area contributed by atoms with Crippen molar-refractivity contribution in [1.82, 2.24) is 20.0 Å². The summed E-state index contributed by atoms with van der Waals surface area (Å²) in [5.74, 6) is 0.909. The predicted octanol–water partition coefficient (Wildman–Crippen LogP) is 2.54. The summed E-state index contributed by atoms with van der Waals surface area (Å²) in [5.41, 5.74) is 1.46. The number of aromatic nitrogens is 2. The number of aromatic amines is 1. The highest BCUT2D eigenvalue weighted by Crippen LogP contribution is 2.21. The standard InChI is InChI=1S/C20H28N4O2/c1-20(2,3)18-15-17(21-22-18)19(25)24-11-9-23(10-12-24)13-14-26-16-7-5-4-6-8-16/h4-8,15H,9-14H2,1-3H3,(H,21,22). The lowest BCUT2D eigenvalue weighted by Gasteiger charge is -2.34. The Morgan fingerprint density at radius 3 is 2.46 bits per heavy atom. The normalized spacial score (nSPS) is 15.9. The second-order valence-electron chi connectivity index (χ2n) is 7.71. The SMILES string of the molecule is CC(C)(C)c1cc(C(=O)N2CCN(CCOc3ccccc3)CC2)n[nH]1. The maximum absolute atomic E-state index is 12.6. The van der Waals surface area contributed by atoms with Crippen molar-refractivity contribution in [1.29, 1.82) is 0 Å². The Bertz CT molecular complexity index is 713. The Kier molecular flexibility index (Phi) is 5.61. The van der Waals surface area contributed by atoms with Crippen molar-refractivity contribution in [2.24, 2.45) is 0 Å². The highest BCUT2D eigenvalue weighted by Gasteiger charge is 2.25. The van der Waals surface area contributed by atoms with Gasteiger partial charge in [0.05, 0.1) is 0 Å². The number of carbonyl (C=O) groups excluding carboxylic acids is 1. The third kappa shape index (κ3) is 4.64. The molecule has 1 N–H and O–H groups in total. The summed E-state index contributed by atoms with van der Waals surface area (Å²) in [5, 5.41) is 7.20. The molecule has 0 saturated carbocycles. The number of hydrogen-bond donors (Lipinski definition) is 1. The van der Waals surface area contributed by atoms with Crippen LogP contribution < -0.4 is 4.74 Å². The van der Waals surface area contributed by atoms with Gasteiger partial charge in [0, 0.05) is 43.8 Å². The van der Waals surface area contributed by atoms with Gasteiger partial charge in [0.1, 0.15) is 18.1 Å². The topological polar surface area (TPSA) is 61.5 Å². The first-order valence-corrected chi connectivity index (χ1v) is 9.19. The van der Waals surface area contributed by atoms with Crippen molar-refractivity contribution < 1.29 is 9.53 Å². The first-order chi connectivity index (χ1) is 12.4. The molecule has 0 aliphatic carbocycles. The summed E-state index contributed by atoms with van der Waals surface area (Å²) < 4.78 is 5.75. The zero-order valence-corrected chi connectivity index (χ0v) is 15.9. The Hall–Kier alpha value is -2.34. The van der Waals surface area contributed by atoms with Crippen LogP contribution in [0.4, 0.5) is 0 Å². The van der Waals surface area contributed by atoms with E-state index in [1.165, 1.54) is 0 Å². The second kappa shape index (κ2) is 7.91. The van der Waals surface area contributed by atoms with Crippen LogP contribution in [0.3, 0.4) is 0 Å². The molecule has 1 fully saturated rings. The average Bonchev–Trinajstić information content (AvgIpc) is 3.13. The lowest BCUT2D eigenvalue weighted by molar-refractivity contribution is 0.0614. The Morgan fingerprint density at radius 2 is 1.85 bits per heavy atom. The predicted molar refractivity (Wildman–Crippen MR) is 102 cm³/mol. The van der Waals surface area contributed by atoms with Crippen LogP contribution in [0.1, 0.15) is 37.0 Å². The lowest BCUT2D eigenvalue weighted by atomic mass is 9.92. The van der Waals surface area contributed by atoms with Crippen LogP contribution in [0.2, 0.25) is 0 Å². The molecule has 6 heteroatoms. The van der Waals surface area contributed by atoms with Crippen LogP contribution in [0.15, 0.2) is 36.4 Å². The fourth-order valence-electron chi connectivity index (χ4n) is 2.96. The van der Waals surface area contributed by atoms with Gasteiger partial charge in [0.2, 0.25) is 0 Å². The molecule has 2 aromatic rings. The molecule has 140 valence electrons. The molecule has 0 bridgehead atoms. The minimum atomic E-state index is -0.0387. The number of nitrogens with one attached hydrogen (secondary N) is 1. The molecule has 0 radical (unpaired) electrons. The molecule has 1 aromatic heterocycles. The van der Waals surface area contributed by atoms with Crippen molar-refractivity contribution in [2.75, 3.05) is 39.3 Å². The molecule has 0 atom stereocenters. The van der Waals surface area contributed by atoms with E-state index in [1.54, 1.807) is 0 Å². The van der Waals surface area contributed by atoms with E-state index in [-0.39, 0.29) is 11.3 Å². The molecule has 6 nitrogen and oxygen atoms in total. The minimum absolute atomic E-state index is 0.0111. The second-order valence-corrected chi connectivity index (χ2v) is 7.71. The number of hydrogen-bond acceptors (Lipinski definition) is 4. The molecular formula is C20H28N4O2. The average molecular weight is 356 g/mol. The van der Waals surface area contributed by atoms with Crippen molar-refractivity contribution in [2.45, 2.75) is 26.2 Å². The molecule has 26 heavy (non-hydrogen) atoms. The number of H-pyrrole nitrogens is 1. The molecule has 1 saturated heterocycles. The fraction of sp³-hybridized carbons (Fsp3) is 0.500. The summed E-state index contributed by atoms with van der Waals surface area (Å²) >= 11 is 0. The van der Waals surface area contributed by atoms with Gasteiger partial charge in [-0.3, -0.25) is 14.8 Å². The van der Waals surface area contributed by atoms with E-state index >= 15 is 0 Å². The number of carbonyl (C=O) groups is 1. The largest absolute Gasteiger partial charge is 0.492 e. The van der Waals surface area contributed by atoms with Gasteiger partial charge in [-0.15, -0.1) is 0 Å². The van der Waals surface area contributed by atoms with Gasteiger partial charge < -0.3 is 9.64 Å². The molecular weight excluding hydrogens is 328 g/mol. The van der Waals surface area contributed by atoms with E-state index in [9.17, 15) is 4.79 Å². The van der Waals surface area contributed by atoms with Gasteiger partial charge in [-0.25, -0.2) is 0 Å². The fourth-order valence-corrected chi connectivity index (χ4v) is 2.96. The van der Waals surface area contributed by atoms with E-state index in [0.29, 0.717) is 12.3 Å². The molecule has 0 spiro atoms. The minimum Gasteiger partial charge on any atom is -0.492 e. The van der Waals surface area contributed by atoms with Crippen LogP contribution >= 0.6 is 0 Å². The van der Waals surface area contributed by atoms with Gasteiger partial charge >= 0.3 is 0 Å². The molecule has 2 heterocycles. The van der Waals surface area contributed by atoms with Crippen molar-refractivity contribution in [3.05, 3.63) is 47.8 Å². The van der Waals surface area contributed by atoms with Crippen LogP contribution in [0.5, 0.6) is 5.75 Å². The highest BCUT2D eigenvalue weighted by molar-refractivity contribution is 5.92. The van der Waals surface area contributed by atoms with Crippen molar-refractivity contribution in [3.8, 4) is 5.75 Å². The molecule has 3 rings (SSSR count). The zero-order chi connectivity index (χ0) is 18.6. The van der Waals surface area contributed by atoms with Gasteiger partial charge in [0.15, 0.2) is 0 Å². The Labute approximate surface area is 155 Å². The number of piperazine rings is 1. The van der Waals surface area contributed by atoms with Crippen molar-refractivity contribution >= 4 is 5.91 Å². The number of para-hydroxylation sites is 1.